The zero-order valence-electron chi connectivity index (χ0n) is 14.1. The van der Waals surface area contributed by atoms with Crippen molar-refractivity contribution in [3.8, 4) is 0 Å². The van der Waals surface area contributed by atoms with E-state index >= 15 is 0 Å². The van der Waals surface area contributed by atoms with Crippen molar-refractivity contribution < 1.29 is 0 Å². The maximum absolute atomic E-state index is 2.41. The van der Waals surface area contributed by atoms with Crippen LogP contribution in [0.5, 0.6) is 0 Å². The Morgan fingerprint density at radius 2 is 1.55 bits per heavy atom. The molecule has 0 heterocycles. The van der Waals surface area contributed by atoms with Gasteiger partial charge in [-0.25, -0.2) is 0 Å². The largest absolute Gasteiger partial charge is 0.0654 e. The number of hydrogen-bond acceptors (Lipinski definition) is 0. The molecule has 0 N–H and O–H groups in total. The van der Waals surface area contributed by atoms with Crippen LogP contribution in [0.3, 0.4) is 0 Å². The van der Waals surface area contributed by atoms with Gasteiger partial charge in [-0.05, 0) is 35.8 Å². The average Bonchev–Trinajstić information content (AvgIpc) is 2.43. The summed E-state index contributed by atoms with van der Waals surface area (Å²) in [7, 11) is 0. The van der Waals surface area contributed by atoms with Crippen LogP contribution in [0.15, 0.2) is 24.3 Å². The lowest BCUT2D eigenvalue weighted by atomic mass is 9.93. The quantitative estimate of drug-likeness (QED) is 0.414. The fraction of sp³-hybridized carbons (Fsp3) is 0.700. The fourth-order valence-electron chi connectivity index (χ4n) is 3.12. The number of unbranched alkanes of at least 4 members (excludes halogenated alkanes) is 3. The second kappa shape index (κ2) is 10.0. The summed E-state index contributed by atoms with van der Waals surface area (Å²) in [6.45, 7) is 9.30. The van der Waals surface area contributed by atoms with Gasteiger partial charge in [-0.2, -0.15) is 0 Å². The molecule has 0 aliphatic heterocycles. The molecule has 0 aromatic heterocycles. The van der Waals surface area contributed by atoms with Crippen LogP contribution in [-0.2, 0) is 6.42 Å². The summed E-state index contributed by atoms with van der Waals surface area (Å²) in [5.41, 5.74) is 3.12. The Balaban J connectivity index is 2.18. The molecule has 0 nitrogen and oxygen atoms in total. The van der Waals surface area contributed by atoms with Crippen molar-refractivity contribution in [1.29, 1.82) is 0 Å². The Kier molecular flexibility index (Phi) is 8.65. The van der Waals surface area contributed by atoms with Gasteiger partial charge in [0, 0.05) is 0 Å². The Hall–Kier alpha value is -0.780. The van der Waals surface area contributed by atoms with Crippen LogP contribution < -0.4 is 0 Å². The van der Waals surface area contributed by atoms with Crippen molar-refractivity contribution in [1.82, 2.24) is 0 Å². The molecule has 0 aliphatic rings. The summed E-state index contributed by atoms with van der Waals surface area (Å²) in [6.07, 6.45) is 11.0. The smallest absolute Gasteiger partial charge is 0.0216 e. The lowest BCUT2D eigenvalue weighted by molar-refractivity contribution is 0.453. The van der Waals surface area contributed by atoms with E-state index in [-0.39, 0.29) is 0 Å². The maximum atomic E-state index is 2.41. The molecule has 1 rings (SSSR count). The molecule has 0 bridgehead atoms. The lowest BCUT2D eigenvalue weighted by Gasteiger charge is -2.12. The van der Waals surface area contributed by atoms with Gasteiger partial charge < -0.3 is 0 Å². The molecule has 0 fully saturated rings. The zero-order chi connectivity index (χ0) is 14.8. The van der Waals surface area contributed by atoms with Crippen molar-refractivity contribution in [3.63, 3.8) is 0 Å². The Bertz CT molecular complexity index is 351. The van der Waals surface area contributed by atoms with Crippen LogP contribution in [0.25, 0.3) is 0 Å². The third-order valence-electron chi connectivity index (χ3n) is 4.35. The predicted molar refractivity (Wildman–Crippen MR) is 91.4 cm³/mol. The molecule has 1 unspecified atom stereocenters. The number of benzene rings is 1. The highest BCUT2D eigenvalue weighted by molar-refractivity contribution is 5.29. The first kappa shape index (κ1) is 17.3. The topological polar surface area (TPSA) is 0 Å². The van der Waals surface area contributed by atoms with Gasteiger partial charge in [-0.15, -0.1) is 0 Å². The van der Waals surface area contributed by atoms with Gasteiger partial charge in [-0.3, -0.25) is 0 Å². The molecule has 0 aliphatic carbocycles. The van der Waals surface area contributed by atoms with Crippen LogP contribution in [0.1, 0.15) is 89.7 Å². The third-order valence-corrected chi connectivity index (χ3v) is 4.35. The highest BCUT2D eigenvalue weighted by atomic mass is 14.1. The van der Waals surface area contributed by atoms with Crippen molar-refractivity contribution in [2.75, 3.05) is 0 Å². The van der Waals surface area contributed by atoms with E-state index in [1.54, 1.807) is 11.1 Å². The molecular weight excluding hydrogens is 240 g/mol. The SMILES string of the molecule is CCCC(C)CCCCCCc1ccccc1C(C)C. The van der Waals surface area contributed by atoms with E-state index in [1.807, 2.05) is 0 Å². The zero-order valence-corrected chi connectivity index (χ0v) is 14.1. The molecule has 114 valence electrons. The standard InChI is InChI=1S/C20H34/c1-5-12-18(4)13-8-6-7-9-14-19-15-10-11-16-20(19)17(2)3/h10-11,15-18H,5-9,12-14H2,1-4H3. The maximum Gasteiger partial charge on any atom is -0.0216 e. The van der Waals surface area contributed by atoms with Gasteiger partial charge in [0.25, 0.3) is 0 Å². The molecule has 0 saturated heterocycles. The average molecular weight is 274 g/mol. The first-order valence-electron chi connectivity index (χ1n) is 8.73. The Labute approximate surface area is 127 Å². The van der Waals surface area contributed by atoms with Crippen LogP contribution in [-0.4, -0.2) is 0 Å². The highest BCUT2D eigenvalue weighted by Crippen LogP contribution is 2.21. The van der Waals surface area contributed by atoms with Crippen molar-refractivity contribution in [2.24, 2.45) is 5.92 Å². The summed E-state index contributed by atoms with van der Waals surface area (Å²) in [4.78, 5) is 0. The van der Waals surface area contributed by atoms with E-state index < -0.39 is 0 Å². The second-order valence-electron chi connectivity index (χ2n) is 6.70. The molecule has 1 atom stereocenters. The minimum absolute atomic E-state index is 0.654. The van der Waals surface area contributed by atoms with Crippen LogP contribution in [0.4, 0.5) is 0 Å². The van der Waals surface area contributed by atoms with E-state index in [0.717, 1.165) is 5.92 Å². The van der Waals surface area contributed by atoms with Crippen LogP contribution in [0.2, 0.25) is 0 Å². The van der Waals surface area contributed by atoms with E-state index in [9.17, 15) is 0 Å². The van der Waals surface area contributed by atoms with Crippen molar-refractivity contribution >= 4 is 0 Å². The lowest BCUT2D eigenvalue weighted by Crippen LogP contribution is -1.97. The van der Waals surface area contributed by atoms with Gasteiger partial charge >= 0.3 is 0 Å². The minimum Gasteiger partial charge on any atom is -0.0654 e. The van der Waals surface area contributed by atoms with Crippen LogP contribution >= 0.6 is 0 Å². The first-order chi connectivity index (χ1) is 9.65. The fourth-order valence-corrected chi connectivity index (χ4v) is 3.12. The Morgan fingerprint density at radius 1 is 0.850 bits per heavy atom. The highest BCUT2D eigenvalue weighted by Gasteiger charge is 2.05. The number of hydrogen-bond donors (Lipinski definition) is 0. The van der Waals surface area contributed by atoms with E-state index in [1.165, 1.54) is 51.4 Å². The molecule has 20 heavy (non-hydrogen) atoms. The molecule has 1 aromatic carbocycles. The van der Waals surface area contributed by atoms with Crippen LogP contribution in [0, 0.1) is 5.92 Å². The number of rotatable bonds is 10. The molecule has 0 amide bonds. The third kappa shape index (κ3) is 6.59. The van der Waals surface area contributed by atoms with Gasteiger partial charge in [-0.1, -0.05) is 90.5 Å². The molecular formula is C20H34. The molecule has 0 heteroatoms. The Morgan fingerprint density at radius 3 is 2.25 bits per heavy atom. The second-order valence-corrected chi connectivity index (χ2v) is 6.70. The summed E-state index contributed by atoms with van der Waals surface area (Å²) in [5, 5.41) is 0. The van der Waals surface area contributed by atoms with Gasteiger partial charge in [0.2, 0.25) is 0 Å². The predicted octanol–water partition coefficient (Wildman–Crippen LogP) is 6.74. The van der Waals surface area contributed by atoms with Crippen molar-refractivity contribution in [3.05, 3.63) is 35.4 Å². The first-order valence-corrected chi connectivity index (χ1v) is 8.73. The van der Waals surface area contributed by atoms with E-state index in [4.69, 9.17) is 0 Å². The molecule has 0 saturated carbocycles. The van der Waals surface area contributed by atoms with Gasteiger partial charge in [0.05, 0.1) is 0 Å². The van der Waals surface area contributed by atoms with E-state index in [0.29, 0.717) is 5.92 Å². The van der Waals surface area contributed by atoms with Gasteiger partial charge in [0.15, 0.2) is 0 Å². The van der Waals surface area contributed by atoms with Crippen molar-refractivity contribution in [2.45, 2.75) is 85.0 Å². The molecule has 0 radical (unpaired) electrons. The minimum atomic E-state index is 0.654. The normalized spacial score (nSPS) is 12.8. The summed E-state index contributed by atoms with van der Waals surface area (Å²) in [6, 6.07) is 8.98. The number of aryl methyl sites for hydroxylation is 1. The van der Waals surface area contributed by atoms with Gasteiger partial charge in [0.1, 0.15) is 0 Å². The summed E-state index contributed by atoms with van der Waals surface area (Å²) in [5.74, 6) is 1.59. The monoisotopic (exact) mass is 274 g/mol. The molecule has 0 spiro atoms. The summed E-state index contributed by atoms with van der Waals surface area (Å²) >= 11 is 0. The van der Waals surface area contributed by atoms with E-state index in [2.05, 4.69) is 52.0 Å². The molecule has 1 aromatic rings. The summed E-state index contributed by atoms with van der Waals surface area (Å²) < 4.78 is 0.